The van der Waals surface area contributed by atoms with E-state index in [-0.39, 0.29) is 29.9 Å². The molecular formula is C24H27N3O2. The normalized spacial score (nSPS) is 25.7. The molecule has 3 heterocycles. The minimum Gasteiger partial charge on any atom is -0.335 e. The van der Waals surface area contributed by atoms with Crippen LogP contribution in [0.15, 0.2) is 54.6 Å². The van der Waals surface area contributed by atoms with Crippen molar-refractivity contribution in [2.24, 2.45) is 5.92 Å². The lowest BCUT2D eigenvalue weighted by Gasteiger charge is -2.51. The summed E-state index contributed by atoms with van der Waals surface area (Å²) in [7, 11) is 0. The van der Waals surface area contributed by atoms with E-state index in [1.54, 1.807) is 0 Å². The molecule has 2 aromatic rings. The molecule has 3 atom stereocenters. The van der Waals surface area contributed by atoms with Gasteiger partial charge in [0.1, 0.15) is 0 Å². The van der Waals surface area contributed by atoms with Gasteiger partial charge in [0.05, 0.1) is 12.0 Å². The van der Waals surface area contributed by atoms with Gasteiger partial charge in [0, 0.05) is 25.7 Å². The minimum atomic E-state index is -0.0623. The van der Waals surface area contributed by atoms with Gasteiger partial charge in [-0.05, 0) is 42.4 Å². The van der Waals surface area contributed by atoms with E-state index >= 15 is 0 Å². The zero-order valence-electron chi connectivity index (χ0n) is 16.6. The number of carbonyl (C=O) groups excluding carboxylic acids is 2. The topological polar surface area (TPSA) is 52.7 Å². The predicted octanol–water partition coefficient (Wildman–Crippen LogP) is 3.51. The summed E-state index contributed by atoms with van der Waals surface area (Å²) in [4.78, 5) is 30.4. The number of likely N-dealkylation sites (tertiary alicyclic amines) is 1. The molecule has 2 fully saturated rings. The Kier molecular flexibility index (Phi) is 4.74. The monoisotopic (exact) mass is 389 g/mol. The fraction of sp³-hybridized carbons (Fsp3) is 0.417. The number of fused-ring (bicyclic) bond motifs is 4. The van der Waals surface area contributed by atoms with E-state index in [0.717, 1.165) is 44.3 Å². The lowest BCUT2D eigenvalue weighted by Crippen LogP contribution is -2.61. The summed E-state index contributed by atoms with van der Waals surface area (Å²) in [6.45, 7) is 2.03. The van der Waals surface area contributed by atoms with Crippen LogP contribution in [0.25, 0.3) is 0 Å². The second kappa shape index (κ2) is 7.54. The van der Waals surface area contributed by atoms with Crippen LogP contribution in [0.5, 0.6) is 0 Å². The summed E-state index contributed by atoms with van der Waals surface area (Å²) in [5, 5.41) is 3.07. The quantitative estimate of drug-likeness (QED) is 0.855. The Bertz CT molecular complexity index is 913. The van der Waals surface area contributed by atoms with Crippen molar-refractivity contribution in [2.45, 2.75) is 44.3 Å². The third-order valence-electron chi connectivity index (χ3n) is 6.80. The van der Waals surface area contributed by atoms with Gasteiger partial charge in [-0.25, -0.2) is 4.79 Å². The number of benzene rings is 2. The summed E-state index contributed by atoms with van der Waals surface area (Å²) in [6.07, 6.45) is 3.54. The highest BCUT2D eigenvalue weighted by atomic mass is 16.2. The van der Waals surface area contributed by atoms with Gasteiger partial charge < -0.3 is 15.1 Å². The van der Waals surface area contributed by atoms with E-state index < -0.39 is 0 Å². The number of nitrogens with one attached hydrogen (secondary N) is 1. The van der Waals surface area contributed by atoms with Crippen molar-refractivity contribution in [3.05, 3.63) is 71.3 Å². The van der Waals surface area contributed by atoms with Crippen LogP contribution in [0.2, 0.25) is 0 Å². The molecule has 0 spiro atoms. The molecule has 29 heavy (non-hydrogen) atoms. The first-order chi connectivity index (χ1) is 14.2. The van der Waals surface area contributed by atoms with E-state index in [1.807, 2.05) is 35.2 Å². The molecule has 3 aliphatic rings. The van der Waals surface area contributed by atoms with Crippen molar-refractivity contribution in [2.75, 3.05) is 13.1 Å². The van der Waals surface area contributed by atoms with Crippen molar-refractivity contribution in [1.82, 2.24) is 15.1 Å². The Morgan fingerprint density at radius 2 is 1.83 bits per heavy atom. The lowest BCUT2D eigenvalue weighted by atomic mass is 9.76. The molecule has 0 bridgehead atoms. The average Bonchev–Trinajstić information content (AvgIpc) is 2.78. The molecule has 3 aliphatic heterocycles. The van der Waals surface area contributed by atoms with E-state index in [1.165, 1.54) is 11.1 Å². The molecule has 0 saturated carbocycles. The molecule has 0 radical (unpaired) electrons. The van der Waals surface area contributed by atoms with Crippen molar-refractivity contribution in [3.8, 4) is 0 Å². The maximum atomic E-state index is 13.3. The molecule has 5 nitrogen and oxygen atoms in total. The van der Waals surface area contributed by atoms with Crippen LogP contribution in [-0.4, -0.2) is 40.9 Å². The number of piperidine rings is 2. The first-order valence-electron chi connectivity index (χ1n) is 10.7. The molecular weight excluding hydrogens is 362 g/mol. The van der Waals surface area contributed by atoms with Gasteiger partial charge in [0.2, 0.25) is 5.91 Å². The molecule has 2 saturated heterocycles. The van der Waals surface area contributed by atoms with Crippen molar-refractivity contribution >= 4 is 11.9 Å². The maximum absolute atomic E-state index is 13.3. The Labute approximate surface area is 171 Å². The number of rotatable bonds is 2. The third-order valence-corrected chi connectivity index (χ3v) is 6.80. The molecule has 3 amide bonds. The zero-order chi connectivity index (χ0) is 19.8. The highest BCUT2D eigenvalue weighted by Gasteiger charge is 2.48. The fourth-order valence-corrected chi connectivity index (χ4v) is 5.38. The summed E-state index contributed by atoms with van der Waals surface area (Å²) in [5.74, 6) is 0.175. The van der Waals surface area contributed by atoms with E-state index in [2.05, 4.69) is 34.5 Å². The Hall–Kier alpha value is -2.82. The third kappa shape index (κ3) is 3.28. The smallest absolute Gasteiger partial charge is 0.317 e. The number of amides is 3. The molecule has 5 heteroatoms. The van der Waals surface area contributed by atoms with Gasteiger partial charge in [0.25, 0.3) is 0 Å². The first kappa shape index (κ1) is 18.2. The van der Waals surface area contributed by atoms with Gasteiger partial charge >= 0.3 is 6.03 Å². The standard InChI is InChI=1S/C24H27N3O2/c28-23-20-11-6-13-27(24(29)25-16-17-7-2-1-3-8-17)22(20)15-21-19-10-5-4-9-18(19)12-14-26(21)23/h1-5,7-10,20-22H,6,11-16H2,(H,25,29). The number of carbonyl (C=O) groups is 2. The average molecular weight is 389 g/mol. The van der Waals surface area contributed by atoms with Crippen molar-refractivity contribution < 1.29 is 9.59 Å². The molecule has 0 aliphatic carbocycles. The van der Waals surface area contributed by atoms with Crippen LogP contribution < -0.4 is 5.32 Å². The second-order valence-electron chi connectivity index (χ2n) is 8.39. The number of nitrogens with zero attached hydrogens (tertiary/aromatic N) is 2. The number of hydrogen-bond donors (Lipinski definition) is 1. The fourth-order valence-electron chi connectivity index (χ4n) is 5.38. The molecule has 2 aromatic carbocycles. The van der Waals surface area contributed by atoms with Crippen LogP contribution in [0.1, 0.15) is 42.0 Å². The van der Waals surface area contributed by atoms with Crippen LogP contribution in [0, 0.1) is 5.92 Å². The zero-order valence-corrected chi connectivity index (χ0v) is 16.6. The van der Waals surface area contributed by atoms with E-state index in [0.29, 0.717) is 6.54 Å². The maximum Gasteiger partial charge on any atom is 0.317 e. The van der Waals surface area contributed by atoms with Crippen molar-refractivity contribution in [3.63, 3.8) is 0 Å². The molecule has 5 rings (SSSR count). The van der Waals surface area contributed by atoms with Crippen LogP contribution >= 0.6 is 0 Å². The van der Waals surface area contributed by atoms with Gasteiger partial charge in [0.15, 0.2) is 0 Å². The Morgan fingerprint density at radius 3 is 2.69 bits per heavy atom. The highest BCUT2D eigenvalue weighted by molar-refractivity contribution is 5.83. The summed E-state index contributed by atoms with van der Waals surface area (Å²) < 4.78 is 0. The predicted molar refractivity (Wildman–Crippen MR) is 111 cm³/mol. The van der Waals surface area contributed by atoms with Gasteiger partial charge in [-0.2, -0.15) is 0 Å². The molecule has 3 unspecified atom stereocenters. The summed E-state index contributed by atoms with van der Waals surface area (Å²) >= 11 is 0. The summed E-state index contributed by atoms with van der Waals surface area (Å²) in [5.41, 5.74) is 3.69. The van der Waals surface area contributed by atoms with Crippen molar-refractivity contribution in [1.29, 1.82) is 0 Å². The largest absolute Gasteiger partial charge is 0.335 e. The Balaban J connectivity index is 1.36. The SMILES string of the molecule is O=C1C2CCCN(C(=O)NCc3ccccc3)C2CC2c3ccccc3CCN12. The Morgan fingerprint density at radius 1 is 1.03 bits per heavy atom. The van der Waals surface area contributed by atoms with Crippen LogP contribution in [-0.2, 0) is 17.8 Å². The number of hydrogen-bond acceptors (Lipinski definition) is 2. The molecule has 0 aromatic heterocycles. The first-order valence-corrected chi connectivity index (χ1v) is 10.7. The van der Waals surface area contributed by atoms with E-state index in [4.69, 9.17) is 0 Å². The van der Waals surface area contributed by atoms with E-state index in [9.17, 15) is 9.59 Å². The van der Waals surface area contributed by atoms with Gasteiger partial charge in [-0.1, -0.05) is 54.6 Å². The van der Waals surface area contributed by atoms with Crippen LogP contribution in [0.4, 0.5) is 4.79 Å². The van der Waals surface area contributed by atoms with Gasteiger partial charge in [-0.15, -0.1) is 0 Å². The van der Waals surface area contributed by atoms with Crippen LogP contribution in [0.3, 0.4) is 0 Å². The second-order valence-corrected chi connectivity index (χ2v) is 8.39. The lowest BCUT2D eigenvalue weighted by molar-refractivity contribution is -0.148. The number of urea groups is 1. The molecule has 1 N–H and O–H groups in total. The minimum absolute atomic E-state index is 0.0144. The summed E-state index contributed by atoms with van der Waals surface area (Å²) in [6, 6.07) is 18.5. The van der Waals surface area contributed by atoms with Gasteiger partial charge in [-0.3, -0.25) is 4.79 Å². The molecule has 150 valence electrons. The highest BCUT2D eigenvalue weighted by Crippen LogP contribution is 2.43.